The summed E-state index contributed by atoms with van der Waals surface area (Å²) in [5, 5.41) is 1.43. The van der Waals surface area contributed by atoms with Gasteiger partial charge in [-0.05, 0) is 49.2 Å². The predicted molar refractivity (Wildman–Crippen MR) is 139 cm³/mol. The summed E-state index contributed by atoms with van der Waals surface area (Å²) in [4.78, 5) is 48.5. The number of hydrogen-bond acceptors (Lipinski definition) is 10. The Hall–Kier alpha value is -4.13. The number of rotatable bonds is 12. The fraction of sp³-hybridized carbons (Fsp3) is 0.385. The van der Waals surface area contributed by atoms with E-state index >= 15 is 0 Å². The van der Waals surface area contributed by atoms with E-state index in [0.717, 1.165) is 13.8 Å². The fourth-order valence-corrected chi connectivity index (χ4v) is 5.41. The minimum atomic E-state index is -4.55. The molecule has 13 heteroatoms. The second kappa shape index (κ2) is 13.6. The summed E-state index contributed by atoms with van der Waals surface area (Å²) in [6.45, 7) is 4.80. The van der Waals surface area contributed by atoms with Gasteiger partial charge in [-0.15, -0.1) is 0 Å². The van der Waals surface area contributed by atoms with E-state index in [0.29, 0.717) is 11.5 Å². The Balaban J connectivity index is 2.62. The molecular weight excluding hydrogens is 532 g/mol. The number of benzene rings is 2. The van der Waals surface area contributed by atoms with Crippen LogP contribution in [0.2, 0.25) is 0 Å². The first-order valence-corrected chi connectivity index (χ1v) is 13.4. The highest BCUT2D eigenvalue weighted by molar-refractivity contribution is 7.91. The van der Waals surface area contributed by atoms with Crippen LogP contribution in [0.15, 0.2) is 48.5 Å². The molecule has 0 bridgehead atoms. The molecule has 0 aliphatic carbocycles. The van der Waals surface area contributed by atoms with Gasteiger partial charge in [-0.25, -0.2) is 8.42 Å². The molecule has 2 rings (SSSR count). The Morgan fingerprint density at radius 2 is 0.949 bits per heavy atom. The number of carbonyl (C=O) groups excluding carboxylic acids is 4. The quantitative estimate of drug-likeness (QED) is 0.364. The van der Waals surface area contributed by atoms with Gasteiger partial charge in [-0.3, -0.25) is 19.2 Å². The number of ether oxygens (including phenoxy) is 4. The van der Waals surface area contributed by atoms with Crippen LogP contribution in [-0.2, 0) is 38.5 Å². The lowest BCUT2D eigenvalue weighted by atomic mass is 10.2. The van der Waals surface area contributed by atoms with Crippen molar-refractivity contribution >= 4 is 33.6 Å². The topological polar surface area (TPSA) is 163 Å². The summed E-state index contributed by atoms with van der Waals surface area (Å²) in [5.41, 5.74) is 0.278. The van der Waals surface area contributed by atoms with Gasteiger partial charge in [-0.2, -0.15) is 0 Å². The fourth-order valence-electron chi connectivity index (χ4n) is 3.50. The van der Waals surface area contributed by atoms with Crippen LogP contribution >= 0.6 is 0 Å². The van der Waals surface area contributed by atoms with Crippen molar-refractivity contribution < 1.29 is 46.5 Å². The van der Waals surface area contributed by atoms with Gasteiger partial charge in [0.25, 0.3) is 11.8 Å². The Morgan fingerprint density at radius 3 is 1.21 bits per heavy atom. The van der Waals surface area contributed by atoms with Gasteiger partial charge in [0.15, 0.2) is 23.0 Å². The molecule has 0 aromatic heterocycles. The molecule has 4 unspecified atom stereocenters. The molecule has 0 aliphatic rings. The van der Waals surface area contributed by atoms with Crippen LogP contribution in [0.1, 0.15) is 49.6 Å². The zero-order valence-electron chi connectivity index (χ0n) is 22.4. The average molecular weight is 565 g/mol. The van der Waals surface area contributed by atoms with Gasteiger partial charge in [0.2, 0.25) is 9.84 Å². The SMILES string of the molecule is COc1ccc(C(NC(=O)C(C)OC(C)=O)S(=O)(=O)C(NC(=O)C(C)OC(C)=O)c2ccc(OC)cc2)cc1. The number of nitrogens with one attached hydrogen (secondary N) is 2. The molecule has 2 aromatic carbocycles. The molecule has 2 aromatic rings. The van der Waals surface area contributed by atoms with E-state index in [1.165, 1.54) is 76.6 Å². The lowest BCUT2D eigenvalue weighted by molar-refractivity contribution is -0.152. The molecule has 0 saturated heterocycles. The summed E-state index contributed by atoms with van der Waals surface area (Å²) in [5.74, 6) is -2.37. The van der Waals surface area contributed by atoms with Crippen molar-refractivity contribution in [2.24, 2.45) is 0 Å². The number of esters is 2. The predicted octanol–water partition coefficient (Wildman–Crippen LogP) is 1.95. The molecule has 0 saturated carbocycles. The minimum absolute atomic E-state index is 0.139. The van der Waals surface area contributed by atoms with Crippen molar-refractivity contribution in [3.05, 3.63) is 59.7 Å². The molecule has 212 valence electrons. The van der Waals surface area contributed by atoms with Crippen molar-refractivity contribution in [3.63, 3.8) is 0 Å². The van der Waals surface area contributed by atoms with Crippen LogP contribution in [0.3, 0.4) is 0 Å². The first-order chi connectivity index (χ1) is 18.3. The number of hydrogen-bond donors (Lipinski definition) is 2. The van der Waals surface area contributed by atoms with E-state index in [2.05, 4.69) is 10.6 Å². The van der Waals surface area contributed by atoms with Crippen LogP contribution < -0.4 is 20.1 Å². The number of sulfone groups is 1. The Kier molecular flexibility index (Phi) is 10.8. The molecule has 0 spiro atoms. The zero-order chi connectivity index (χ0) is 29.3. The Bertz CT molecular complexity index is 1180. The third-order valence-electron chi connectivity index (χ3n) is 5.46. The van der Waals surface area contributed by atoms with E-state index < -0.39 is 56.5 Å². The highest BCUT2D eigenvalue weighted by Gasteiger charge is 2.40. The standard InChI is InChI=1S/C26H32N2O10S/c1-15(37-17(3)29)23(31)27-25(19-7-11-21(35-5)12-8-19)39(33,34)26(20-9-13-22(36-6)14-10-20)28-24(32)16(2)38-18(4)30/h7-16,25-26H,1-6H3,(H,27,31)(H,28,32). The first kappa shape index (κ1) is 31.1. The lowest BCUT2D eigenvalue weighted by Crippen LogP contribution is -2.46. The molecule has 4 atom stereocenters. The van der Waals surface area contributed by atoms with E-state index in [-0.39, 0.29) is 11.1 Å². The number of carbonyl (C=O) groups is 4. The molecule has 39 heavy (non-hydrogen) atoms. The van der Waals surface area contributed by atoms with Crippen molar-refractivity contribution in [1.29, 1.82) is 0 Å². The zero-order valence-corrected chi connectivity index (χ0v) is 23.2. The van der Waals surface area contributed by atoms with Crippen LogP contribution in [0, 0.1) is 0 Å². The second-order valence-corrected chi connectivity index (χ2v) is 10.5. The van der Waals surface area contributed by atoms with Crippen molar-refractivity contribution in [1.82, 2.24) is 10.6 Å². The molecular formula is C26H32N2O10S. The normalized spacial score (nSPS) is 14.1. The summed E-state index contributed by atoms with van der Waals surface area (Å²) in [6.07, 6.45) is -2.62. The molecule has 0 radical (unpaired) electrons. The van der Waals surface area contributed by atoms with Gasteiger partial charge >= 0.3 is 11.9 Å². The van der Waals surface area contributed by atoms with Crippen LogP contribution in [0.5, 0.6) is 11.5 Å². The highest BCUT2D eigenvalue weighted by atomic mass is 32.2. The summed E-state index contributed by atoms with van der Waals surface area (Å²) in [6, 6.07) is 11.8. The maximum atomic E-state index is 14.2. The van der Waals surface area contributed by atoms with Crippen molar-refractivity contribution in [2.75, 3.05) is 14.2 Å². The van der Waals surface area contributed by atoms with Crippen molar-refractivity contribution in [2.45, 2.75) is 50.7 Å². The molecule has 2 N–H and O–H groups in total. The number of amides is 2. The van der Waals surface area contributed by atoms with Crippen LogP contribution in [0.25, 0.3) is 0 Å². The first-order valence-electron chi connectivity index (χ1n) is 11.8. The maximum absolute atomic E-state index is 14.2. The van der Waals surface area contributed by atoms with Crippen molar-refractivity contribution in [3.8, 4) is 11.5 Å². The van der Waals surface area contributed by atoms with E-state index in [1.807, 2.05) is 0 Å². The van der Waals surface area contributed by atoms with Gasteiger partial charge in [-0.1, -0.05) is 24.3 Å². The van der Waals surface area contributed by atoms with Gasteiger partial charge in [0.1, 0.15) is 11.5 Å². The maximum Gasteiger partial charge on any atom is 0.303 e. The van der Waals surface area contributed by atoms with E-state index in [9.17, 15) is 27.6 Å². The van der Waals surface area contributed by atoms with Gasteiger partial charge in [0, 0.05) is 13.8 Å². The monoisotopic (exact) mass is 564 g/mol. The number of methoxy groups -OCH3 is 2. The smallest absolute Gasteiger partial charge is 0.303 e. The molecule has 2 amide bonds. The van der Waals surface area contributed by atoms with Crippen LogP contribution in [-0.4, -0.2) is 58.6 Å². The summed E-state index contributed by atoms with van der Waals surface area (Å²) in [7, 11) is -1.68. The molecule has 12 nitrogen and oxygen atoms in total. The average Bonchev–Trinajstić information content (AvgIpc) is 2.89. The largest absolute Gasteiger partial charge is 0.497 e. The van der Waals surface area contributed by atoms with Gasteiger partial charge < -0.3 is 29.6 Å². The third-order valence-corrected chi connectivity index (χ3v) is 7.56. The summed E-state index contributed by atoms with van der Waals surface area (Å²) >= 11 is 0. The summed E-state index contributed by atoms with van der Waals surface area (Å²) < 4.78 is 48.5. The van der Waals surface area contributed by atoms with Crippen LogP contribution in [0.4, 0.5) is 0 Å². The lowest BCUT2D eigenvalue weighted by Gasteiger charge is -2.28. The Morgan fingerprint density at radius 1 is 0.641 bits per heavy atom. The second-order valence-electron chi connectivity index (χ2n) is 8.42. The third kappa shape index (κ3) is 8.43. The van der Waals surface area contributed by atoms with E-state index in [1.54, 1.807) is 0 Å². The molecule has 0 aliphatic heterocycles. The highest BCUT2D eigenvalue weighted by Crippen LogP contribution is 2.33. The molecule has 0 fully saturated rings. The Labute approximate surface area is 226 Å². The van der Waals surface area contributed by atoms with E-state index in [4.69, 9.17) is 18.9 Å². The minimum Gasteiger partial charge on any atom is -0.497 e. The molecule has 0 heterocycles. The van der Waals surface area contributed by atoms with Gasteiger partial charge in [0.05, 0.1) is 14.2 Å².